The van der Waals surface area contributed by atoms with E-state index in [1.54, 1.807) is 24.7 Å². The van der Waals surface area contributed by atoms with Crippen molar-refractivity contribution in [2.75, 3.05) is 5.32 Å². The molecule has 36 heavy (non-hydrogen) atoms. The number of nitrogens with zero attached hydrogens (tertiary/aromatic N) is 4. The van der Waals surface area contributed by atoms with Crippen LogP contribution < -0.4 is 16.6 Å². The molecule has 0 amide bonds. The predicted octanol–water partition coefficient (Wildman–Crippen LogP) is 3.70. The van der Waals surface area contributed by atoms with E-state index in [4.69, 9.17) is 11.6 Å². The fourth-order valence-corrected chi connectivity index (χ4v) is 5.10. The summed E-state index contributed by atoms with van der Waals surface area (Å²) in [7, 11) is 3.30. The molecule has 11 heteroatoms. The monoisotopic (exact) mass is 514 g/mol. The average molecular weight is 515 g/mol. The quantitative estimate of drug-likeness (QED) is 0.372. The highest BCUT2D eigenvalue weighted by Crippen LogP contribution is 2.27. The summed E-state index contributed by atoms with van der Waals surface area (Å²) in [5, 5.41) is 14.1. The van der Waals surface area contributed by atoms with Crippen molar-refractivity contribution in [3.8, 4) is 0 Å². The fourth-order valence-electron chi connectivity index (χ4n) is 4.87. The Hall–Kier alpha value is -3.53. The number of aliphatic carboxylic acids is 1. The number of H-pyrrole nitrogens is 1. The number of aromatic nitrogens is 5. The average Bonchev–Trinajstić information content (AvgIpc) is 3.44. The Bertz CT molecular complexity index is 1550. The Morgan fingerprint density at radius 2 is 1.97 bits per heavy atom. The minimum absolute atomic E-state index is 0.0588. The Kier molecular flexibility index (Phi) is 7.26. The molecule has 192 valence electrons. The number of benzene rings is 1. The van der Waals surface area contributed by atoms with Crippen molar-refractivity contribution >= 4 is 45.6 Å². The van der Waals surface area contributed by atoms with Crippen molar-refractivity contribution in [2.45, 2.75) is 52.1 Å². The van der Waals surface area contributed by atoms with Crippen LogP contribution in [0.1, 0.15) is 45.2 Å². The lowest BCUT2D eigenvalue weighted by atomic mass is 9.86. The van der Waals surface area contributed by atoms with Gasteiger partial charge in [-0.1, -0.05) is 37.9 Å². The predicted molar refractivity (Wildman–Crippen MR) is 141 cm³/mol. The molecule has 1 aliphatic rings. The summed E-state index contributed by atoms with van der Waals surface area (Å²) in [6.45, 7) is 4.06. The van der Waals surface area contributed by atoms with Crippen molar-refractivity contribution in [1.29, 1.82) is 0 Å². The maximum atomic E-state index is 13.4. The number of hydrogen-bond acceptors (Lipinski definition) is 5. The SMILES string of the molecule is CC.Cn1c(NC2CCCC(C(=O)O)C2)nc2c1c(=O)n(Cc1cc3c(Cl)cccc3[nH]1)c(=O)n2C. The fraction of sp³-hybridized carbons (Fsp3) is 0.440. The summed E-state index contributed by atoms with van der Waals surface area (Å²) in [5.41, 5.74) is 1.16. The van der Waals surface area contributed by atoms with Gasteiger partial charge in [0.25, 0.3) is 5.56 Å². The van der Waals surface area contributed by atoms with Gasteiger partial charge in [-0.2, -0.15) is 4.98 Å². The molecule has 4 aromatic rings. The van der Waals surface area contributed by atoms with E-state index in [2.05, 4.69) is 15.3 Å². The van der Waals surface area contributed by atoms with Crippen LogP contribution in [0.4, 0.5) is 5.95 Å². The lowest BCUT2D eigenvalue weighted by molar-refractivity contribution is -0.142. The number of rotatable bonds is 5. The van der Waals surface area contributed by atoms with Gasteiger partial charge in [-0.3, -0.25) is 18.7 Å². The van der Waals surface area contributed by atoms with E-state index >= 15 is 0 Å². The van der Waals surface area contributed by atoms with E-state index < -0.39 is 23.1 Å². The number of imidazole rings is 1. The van der Waals surface area contributed by atoms with Crippen LogP contribution in [-0.2, 0) is 25.4 Å². The Morgan fingerprint density at radius 3 is 2.67 bits per heavy atom. The highest BCUT2D eigenvalue weighted by atomic mass is 35.5. The largest absolute Gasteiger partial charge is 0.481 e. The Morgan fingerprint density at radius 1 is 1.22 bits per heavy atom. The van der Waals surface area contributed by atoms with Crippen LogP contribution >= 0.6 is 11.6 Å². The van der Waals surface area contributed by atoms with Crippen LogP contribution in [-0.4, -0.2) is 40.8 Å². The summed E-state index contributed by atoms with van der Waals surface area (Å²) in [6, 6.07) is 7.27. The molecule has 1 aromatic carbocycles. The minimum atomic E-state index is -0.792. The van der Waals surface area contributed by atoms with Gasteiger partial charge in [0.1, 0.15) is 0 Å². The van der Waals surface area contributed by atoms with E-state index in [-0.39, 0.29) is 18.2 Å². The molecule has 2 atom stereocenters. The van der Waals surface area contributed by atoms with Crippen LogP contribution in [0.5, 0.6) is 0 Å². The molecule has 0 bridgehead atoms. The molecular weight excluding hydrogens is 484 g/mol. The van der Waals surface area contributed by atoms with E-state index in [0.717, 1.165) is 23.7 Å². The summed E-state index contributed by atoms with van der Waals surface area (Å²) in [5.74, 6) is -0.749. The maximum Gasteiger partial charge on any atom is 0.332 e. The number of carboxylic acids is 1. The van der Waals surface area contributed by atoms with Crippen molar-refractivity contribution in [1.82, 2.24) is 23.7 Å². The molecule has 3 aromatic heterocycles. The number of aromatic amines is 1. The zero-order valence-electron chi connectivity index (χ0n) is 20.8. The number of carboxylic acid groups (broad SMARTS) is 1. The van der Waals surface area contributed by atoms with Gasteiger partial charge in [-0.05, 0) is 37.5 Å². The first-order valence-electron chi connectivity index (χ1n) is 12.2. The topological polar surface area (TPSA) is 127 Å². The van der Waals surface area contributed by atoms with Crippen molar-refractivity contribution < 1.29 is 9.90 Å². The Balaban J connectivity index is 0.00000148. The minimum Gasteiger partial charge on any atom is -0.481 e. The van der Waals surface area contributed by atoms with Crippen molar-refractivity contribution in [2.24, 2.45) is 20.0 Å². The molecule has 1 aliphatic carbocycles. The van der Waals surface area contributed by atoms with Crippen molar-refractivity contribution in [3.05, 3.63) is 55.8 Å². The lowest BCUT2D eigenvalue weighted by Gasteiger charge is -2.27. The number of aryl methyl sites for hydroxylation is 2. The normalized spacial score (nSPS) is 17.7. The molecule has 2 unspecified atom stereocenters. The highest BCUT2D eigenvalue weighted by molar-refractivity contribution is 6.35. The smallest absolute Gasteiger partial charge is 0.332 e. The summed E-state index contributed by atoms with van der Waals surface area (Å²) in [6.07, 6.45) is 2.77. The first kappa shape index (κ1) is 25.6. The molecule has 1 fully saturated rings. The van der Waals surface area contributed by atoms with Crippen LogP contribution in [0.3, 0.4) is 0 Å². The molecule has 0 spiro atoms. The van der Waals surface area contributed by atoms with E-state index in [1.807, 2.05) is 32.0 Å². The molecular formula is C25H31ClN6O4. The zero-order chi connectivity index (χ0) is 26.1. The van der Waals surface area contributed by atoms with Gasteiger partial charge in [-0.25, -0.2) is 4.79 Å². The number of halogens is 1. The summed E-state index contributed by atoms with van der Waals surface area (Å²) >= 11 is 6.26. The third-order valence-corrected chi connectivity index (χ3v) is 7.04. The molecule has 0 aliphatic heterocycles. The van der Waals surface area contributed by atoms with Crippen LogP contribution in [0, 0.1) is 5.92 Å². The van der Waals surface area contributed by atoms with Gasteiger partial charge in [0.05, 0.1) is 12.5 Å². The summed E-state index contributed by atoms with van der Waals surface area (Å²) < 4.78 is 4.17. The van der Waals surface area contributed by atoms with Crippen molar-refractivity contribution in [3.63, 3.8) is 0 Å². The third kappa shape index (κ3) is 4.53. The van der Waals surface area contributed by atoms with Gasteiger partial charge < -0.3 is 20.0 Å². The third-order valence-electron chi connectivity index (χ3n) is 6.71. The lowest BCUT2D eigenvalue weighted by Crippen LogP contribution is -2.39. The zero-order valence-corrected chi connectivity index (χ0v) is 21.6. The number of nitrogens with one attached hydrogen (secondary N) is 2. The van der Waals surface area contributed by atoms with Gasteiger partial charge in [0, 0.05) is 41.8 Å². The molecule has 0 saturated heterocycles. The van der Waals surface area contributed by atoms with Gasteiger partial charge in [-0.15, -0.1) is 0 Å². The van der Waals surface area contributed by atoms with Gasteiger partial charge in [0.15, 0.2) is 11.2 Å². The molecule has 0 radical (unpaired) electrons. The van der Waals surface area contributed by atoms with E-state index in [1.165, 1.54) is 9.13 Å². The maximum absolute atomic E-state index is 13.4. The first-order chi connectivity index (χ1) is 17.2. The second-order valence-electron chi connectivity index (χ2n) is 8.94. The highest BCUT2D eigenvalue weighted by Gasteiger charge is 2.28. The van der Waals surface area contributed by atoms with Crippen LogP contribution in [0.2, 0.25) is 5.02 Å². The number of fused-ring (bicyclic) bond motifs is 2. The van der Waals surface area contributed by atoms with Gasteiger partial charge in [0.2, 0.25) is 5.95 Å². The number of anilines is 1. The molecule has 3 N–H and O–H groups in total. The Labute approximate surface area is 212 Å². The van der Waals surface area contributed by atoms with E-state index in [0.29, 0.717) is 35.0 Å². The van der Waals surface area contributed by atoms with Crippen LogP contribution in [0.25, 0.3) is 22.1 Å². The molecule has 1 saturated carbocycles. The number of hydrogen-bond donors (Lipinski definition) is 3. The number of carbonyl (C=O) groups is 1. The second-order valence-corrected chi connectivity index (χ2v) is 9.35. The second kappa shape index (κ2) is 10.2. The standard InChI is InChI=1S/C23H25ClN6O4.C2H6/c1-28-18-19(27-22(28)26-13-6-3-5-12(9-13)21(32)33)29(2)23(34)30(20(18)31)11-14-10-15-16(24)7-4-8-17(15)25-14;1-2/h4,7-8,10,12-13,25H,3,5-6,9,11H2,1-2H3,(H,26,27)(H,32,33);1-2H3. The van der Waals surface area contributed by atoms with E-state index in [9.17, 15) is 19.5 Å². The first-order valence-corrected chi connectivity index (χ1v) is 12.5. The summed E-state index contributed by atoms with van der Waals surface area (Å²) in [4.78, 5) is 45.6. The van der Waals surface area contributed by atoms with Crippen LogP contribution in [0.15, 0.2) is 33.9 Å². The van der Waals surface area contributed by atoms with Gasteiger partial charge >= 0.3 is 11.7 Å². The molecule has 10 nitrogen and oxygen atoms in total. The molecule has 5 rings (SSSR count). The molecule has 3 heterocycles.